The number of hydrogen-bond donors (Lipinski definition) is 2. The first-order valence-electron chi connectivity index (χ1n) is 18.2. The smallest absolute Gasteiger partial charge is 0.0701 e. The maximum atomic E-state index is 8.61. The van der Waals surface area contributed by atoms with E-state index in [1.54, 1.807) is 0 Å². The summed E-state index contributed by atoms with van der Waals surface area (Å²) in [4.78, 5) is 0. The van der Waals surface area contributed by atoms with Crippen LogP contribution in [0.4, 0.5) is 0 Å². The van der Waals surface area contributed by atoms with Gasteiger partial charge < -0.3 is 38.3 Å². The highest BCUT2D eigenvalue weighted by molar-refractivity contribution is 7.80. The van der Waals surface area contributed by atoms with Gasteiger partial charge in [0.25, 0.3) is 0 Å². The van der Waals surface area contributed by atoms with E-state index >= 15 is 0 Å². The van der Waals surface area contributed by atoms with E-state index < -0.39 is 0 Å². The average molecular weight is 653 g/mol. The Bertz CT molecular complexity index is 448. The summed E-state index contributed by atoms with van der Waals surface area (Å²) in [7, 11) is 0. The van der Waals surface area contributed by atoms with E-state index in [1.165, 1.54) is 109 Å². The second-order valence-electron chi connectivity index (χ2n) is 11.5. The lowest BCUT2D eigenvalue weighted by Gasteiger charge is -2.07. The minimum absolute atomic E-state index is 0.0651. The molecule has 0 saturated carbocycles. The number of thiol groups is 1. The number of unbranched alkanes of at least 4 members (excludes halogenated alkanes) is 18. The summed E-state index contributed by atoms with van der Waals surface area (Å²) < 4.78 is 38.0. The molecule has 0 aliphatic heterocycles. The van der Waals surface area contributed by atoms with Gasteiger partial charge in [0, 0.05) is 19.0 Å². The van der Waals surface area contributed by atoms with Gasteiger partial charge >= 0.3 is 0 Å². The Morgan fingerprint density at radius 3 is 0.705 bits per heavy atom. The van der Waals surface area contributed by atoms with E-state index in [4.69, 9.17) is 38.3 Å². The highest BCUT2D eigenvalue weighted by Gasteiger charge is 1.97. The van der Waals surface area contributed by atoms with Crippen LogP contribution < -0.4 is 0 Å². The topological polar surface area (TPSA) is 84.8 Å². The van der Waals surface area contributed by atoms with Gasteiger partial charge in [-0.1, -0.05) is 109 Å². The second kappa shape index (κ2) is 43.0. The Morgan fingerprint density at radius 1 is 0.250 bits per heavy atom. The fourth-order valence-electron chi connectivity index (χ4n) is 4.85. The van der Waals surface area contributed by atoms with Gasteiger partial charge in [0.1, 0.15) is 0 Å². The van der Waals surface area contributed by atoms with E-state index in [9.17, 15) is 0 Å². The van der Waals surface area contributed by atoms with E-state index in [-0.39, 0.29) is 6.61 Å². The van der Waals surface area contributed by atoms with Crippen molar-refractivity contribution in [2.75, 3.05) is 105 Å². The molecule has 266 valence electrons. The van der Waals surface area contributed by atoms with Crippen molar-refractivity contribution >= 4 is 12.6 Å². The minimum Gasteiger partial charge on any atom is -0.394 e. The van der Waals surface area contributed by atoms with Crippen molar-refractivity contribution in [3.63, 3.8) is 0 Å². The minimum atomic E-state index is 0.0651. The van der Waals surface area contributed by atoms with E-state index in [0.29, 0.717) is 79.3 Å². The zero-order valence-corrected chi connectivity index (χ0v) is 29.4. The van der Waals surface area contributed by atoms with E-state index in [1.807, 2.05) is 0 Å². The summed E-state index contributed by atoms with van der Waals surface area (Å²) in [6.07, 6.45) is 25.8. The molecule has 9 heteroatoms. The maximum Gasteiger partial charge on any atom is 0.0701 e. The largest absolute Gasteiger partial charge is 0.394 e. The molecule has 0 atom stereocenters. The Kier molecular flexibility index (Phi) is 43.1. The maximum absolute atomic E-state index is 8.61. The van der Waals surface area contributed by atoms with Gasteiger partial charge in [-0.3, -0.25) is 0 Å². The molecule has 0 radical (unpaired) electrons. The first-order valence-corrected chi connectivity index (χ1v) is 18.8. The van der Waals surface area contributed by atoms with E-state index in [0.717, 1.165) is 31.8 Å². The first kappa shape index (κ1) is 44.0. The van der Waals surface area contributed by atoms with Gasteiger partial charge in [0.15, 0.2) is 0 Å². The normalized spacial score (nSPS) is 11.6. The molecule has 0 aromatic heterocycles. The molecule has 0 unspecified atom stereocenters. The molecule has 0 spiro atoms. The molecule has 0 rings (SSSR count). The van der Waals surface area contributed by atoms with Crippen LogP contribution in [0.5, 0.6) is 0 Å². The predicted octanol–water partition coefficient (Wildman–Crippen LogP) is 7.44. The van der Waals surface area contributed by atoms with Gasteiger partial charge in [-0.25, -0.2) is 0 Å². The molecule has 0 fully saturated rings. The molecule has 0 amide bonds. The van der Waals surface area contributed by atoms with E-state index in [2.05, 4.69) is 12.6 Å². The van der Waals surface area contributed by atoms with Crippen LogP contribution in [0, 0.1) is 0 Å². The molecule has 0 aliphatic rings. The number of aliphatic hydroxyl groups excluding tert-OH is 1. The Hall–Kier alpha value is 0.0300. The van der Waals surface area contributed by atoms with Crippen LogP contribution in [-0.2, 0) is 33.2 Å². The van der Waals surface area contributed by atoms with Crippen LogP contribution in [0.25, 0.3) is 0 Å². The Labute approximate surface area is 277 Å². The SMILES string of the molecule is OCCOCCOCCOCCCCCCCCCCCCCCCCCCCCCOCCOCCOCCOCCS. The van der Waals surface area contributed by atoms with Gasteiger partial charge in [-0.15, -0.1) is 0 Å². The molecule has 0 aliphatic carbocycles. The monoisotopic (exact) mass is 652 g/mol. The lowest BCUT2D eigenvalue weighted by molar-refractivity contribution is -0.000579. The molecule has 0 aromatic carbocycles. The van der Waals surface area contributed by atoms with Crippen LogP contribution in [-0.4, -0.2) is 110 Å². The number of aliphatic hydroxyl groups is 1. The zero-order chi connectivity index (χ0) is 31.7. The lowest BCUT2D eigenvalue weighted by atomic mass is 10.0. The van der Waals surface area contributed by atoms with Gasteiger partial charge in [0.05, 0.1) is 85.9 Å². The zero-order valence-electron chi connectivity index (χ0n) is 28.5. The van der Waals surface area contributed by atoms with Crippen LogP contribution in [0.1, 0.15) is 122 Å². The van der Waals surface area contributed by atoms with Crippen molar-refractivity contribution < 1.29 is 38.3 Å². The third-order valence-corrected chi connectivity index (χ3v) is 7.59. The molecule has 44 heavy (non-hydrogen) atoms. The molecule has 0 saturated heterocycles. The molecule has 0 bridgehead atoms. The van der Waals surface area contributed by atoms with Gasteiger partial charge in [-0.05, 0) is 12.8 Å². The summed E-state index contributed by atoms with van der Waals surface area (Å²) in [6.45, 7) is 8.94. The molecular weight excluding hydrogens is 580 g/mol. The lowest BCUT2D eigenvalue weighted by Crippen LogP contribution is -2.12. The highest BCUT2D eigenvalue weighted by Crippen LogP contribution is 2.14. The quantitative estimate of drug-likeness (QED) is 0.0521. The van der Waals surface area contributed by atoms with Crippen LogP contribution >= 0.6 is 12.6 Å². The van der Waals surface area contributed by atoms with Crippen molar-refractivity contribution in [1.82, 2.24) is 0 Å². The summed E-state index contributed by atoms with van der Waals surface area (Å²) >= 11 is 4.09. The van der Waals surface area contributed by atoms with Gasteiger partial charge in [-0.2, -0.15) is 12.6 Å². The standard InChI is InChI=1S/C35H72O8S/c36-20-23-39-26-29-40-27-24-37-21-18-16-14-12-10-8-6-4-2-1-3-5-7-9-11-13-15-17-19-22-38-25-28-41-30-31-42-32-33-43-34-35-44/h36,44H,1-35H2. The van der Waals surface area contributed by atoms with Crippen LogP contribution in [0.3, 0.4) is 0 Å². The third kappa shape index (κ3) is 42.0. The highest BCUT2D eigenvalue weighted by atomic mass is 32.1. The Balaban J connectivity index is 3.03. The van der Waals surface area contributed by atoms with Crippen LogP contribution in [0.2, 0.25) is 0 Å². The summed E-state index contributed by atoms with van der Waals surface area (Å²) in [5.41, 5.74) is 0. The third-order valence-electron chi connectivity index (χ3n) is 7.41. The average Bonchev–Trinajstić information content (AvgIpc) is 3.04. The summed E-state index contributed by atoms with van der Waals surface area (Å²) in [5.74, 6) is 0.746. The fraction of sp³-hybridized carbons (Fsp3) is 1.00. The van der Waals surface area contributed by atoms with Crippen molar-refractivity contribution in [2.24, 2.45) is 0 Å². The van der Waals surface area contributed by atoms with Crippen LogP contribution in [0.15, 0.2) is 0 Å². The molecule has 8 nitrogen and oxygen atoms in total. The predicted molar refractivity (Wildman–Crippen MR) is 184 cm³/mol. The Morgan fingerprint density at radius 2 is 0.455 bits per heavy atom. The summed E-state index contributed by atoms with van der Waals surface area (Å²) in [5, 5.41) is 8.61. The molecular formula is C35H72O8S. The number of rotatable bonds is 41. The number of hydrogen-bond acceptors (Lipinski definition) is 9. The molecule has 1 N–H and O–H groups in total. The fourth-order valence-corrected chi connectivity index (χ4v) is 4.98. The van der Waals surface area contributed by atoms with Crippen molar-refractivity contribution in [1.29, 1.82) is 0 Å². The first-order chi connectivity index (χ1) is 21.9. The van der Waals surface area contributed by atoms with Crippen molar-refractivity contribution in [2.45, 2.75) is 122 Å². The summed E-state index contributed by atoms with van der Waals surface area (Å²) in [6, 6.07) is 0. The molecule has 0 heterocycles. The number of ether oxygens (including phenoxy) is 7. The van der Waals surface area contributed by atoms with Gasteiger partial charge in [0.2, 0.25) is 0 Å². The van der Waals surface area contributed by atoms with Crippen molar-refractivity contribution in [3.05, 3.63) is 0 Å². The molecule has 0 aromatic rings. The van der Waals surface area contributed by atoms with Crippen molar-refractivity contribution in [3.8, 4) is 0 Å². The second-order valence-corrected chi connectivity index (χ2v) is 11.9.